The maximum Gasteiger partial charge on any atom is 0.503 e. The van der Waals surface area contributed by atoms with Gasteiger partial charge in [-0.25, -0.2) is 4.79 Å². The molecule has 2 N–H and O–H groups in total. The Bertz CT molecular complexity index is 129. The molecule has 0 aromatic rings. The molecule has 0 rings (SSSR count). The topological polar surface area (TPSA) is 66.8 Å². The van der Waals surface area contributed by atoms with E-state index in [4.69, 9.17) is 21.4 Å². The van der Waals surface area contributed by atoms with Crippen molar-refractivity contribution >= 4 is 6.16 Å². The molecule has 0 fully saturated rings. The molecule has 0 saturated carbocycles. The Hall–Kier alpha value is -1.63. The molecular formula is C6H8O4. The van der Waals surface area contributed by atoms with Crippen LogP contribution in [0.1, 0.15) is 0 Å². The van der Waals surface area contributed by atoms with Gasteiger partial charge in [0.2, 0.25) is 0 Å². The van der Waals surface area contributed by atoms with E-state index >= 15 is 0 Å². The van der Waals surface area contributed by atoms with E-state index in [1.54, 1.807) is 6.08 Å². The Balaban J connectivity index is 0. The lowest BCUT2D eigenvalue weighted by atomic mass is 10.7. The van der Waals surface area contributed by atoms with Crippen molar-refractivity contribution in [1.82, 2.24) is 0 Å². The average Bonchev–Trinajstić information content (AvgIpc) is 1.82. The quantitative estimate of drug-likeness (QED) is 0.344. The Morgan fingerprint density at radius 2 is 2.20 bits per heavy atom. The molecule has 10 heavy (non-hydrogen) atoms. The van der Waals surface area contributed by atoms with Gasteiger partial charge >= 0.3 is 6.16 Å². The highest BCUT2D eigenvalue weighted by molar-refractivity contribution is 5.53. The van der Waals surface area contributed by atoms with Crippen molar-refractivity contribution in [2.24, 2.45) is 0 Å². The highest BCUT2D eigenvalue weighted by Crippen LogP contribution is 1.65. The van der Waals surface area contributed by atoms with E-state index in [0.717, 1.165) is 0 Å². The van der Waals surface area contributed by atoms with Crippen LogP contribution in [0.2, 0.25) is 0 Å². The molecule has 0 aromatic carbocycles. The van der Waals surface area contributed by atoms with Gasteiger partial charge in [0.05, 0.1) is 0 Å². The Morgan fingerprint density at radius 3 is 2.30 bits per heavy atom. The summed E-state index contributed by atoms with van der Waals surface area (Å²) < 4.78 is 4.39. The molecule has 56 valence electrons. The number of hydrogen-bond acceptors (Lipinski definition) is 2. The first kappa shape index (κ1) is 11.2. The van der Waals surface area contributed by atoms with Crippen LogP contribution in [-0.4, -0.2) is 23.0 Å². The van der Waals surface area contributed by atoms with Crippen molar-refractivity contribution in [2.75, 3.05) is 6.61 Å². The maximum absolute atomic E-state index is 8.56. The van der Waals surface area contributed by atoms with Gasteiger partial charge in [0, 0.05) is 0 Å². The van der Waals surface area contributed by atoms with E-state index in [1.807, 2.05) is 6.11 Å². The van der Waals surface area contributed by atoms with Gasteiger partial charge in [-0.15, -0.1) is 0 Å². The summed E-state index contributed by atoms with van der Waals surface area (Å²) in [7, 11) is 0. The predicted molar refractivity (Wildman–Crippen MR) is 35.6 cm³/mol. The van der Waals surface area contributed by atoms with Crippen molar-refractivity contribution in [3.05, 3.63) is 12.7 Å². The number of hydrogen-bond donors (Lipinski definition) is 2. The number of carboxylic acid groups (broad SMARTS) is 2. The standard InChI is InChI=1S/C5H6O.CH2O3/c1-3-5-6-4-2;2-1(3)4/h2-3H,1,5H2;(H2,2,3,4). The predicted octanol–water partition coefficient (Wildman–Crippen LogP) is 1.00. The molecule has 0 radical (unpaired) electrons. The molecule has 0 amide bonds. The van der Waals surface area contributed by atoms with Crippen molar-refractivity contribution in [2.45, 2.75) is 0 Å². The highest BCUT2D eigenvalue weighted by atomic mass is 16.6. The molecule has 0 aromatic heterocycles. The molecule has 0 aliphatic carbocycles. The van der Waals surface area contributed by atoms with Crippen molar-refractivity contribution in [3.8, 4) is 12.5 Å². The summed E-state index contributed by atoms with van der Waals surface area (Å²) in [6.45, 7) is 3.82. The van der Waals surface area contributed by atoms with Gasteiger partial charge in [-0.05, 0) is 0 Å². The summed E-state index contributed by atoms with van der Waals surface area (Å²) in [5.41, 5.74) is 0. The maximum atomic E-state index is 8.56. The van der Waals surface area contributed by atoms with E-state index in [9.17, 15) is 0 Å². The smallest absolute Gasteiger partial charge is 0.450 e. The SMILES string of the molecule is C#COCC=C.O=C(O)O. The van der Waals surface area contributed by atoms with Crippen LogP contribution in [-0.2, 0) is 4.74 Å². The van der Waals surface area contributed by atoms with Gasteiger partial charge in [-0.2, -0.15) is 0 Å². The number of rotatable bonds is 2. The summed E-state index contributed by atoms with van der Waals surface area (Å²) in [5.74, 6) is 0. The zero-order valence-electron chi connectivity index (χ0n) is 5.28. The molecule has 4 nitrogen and oxygen atoms in total. The fourth-order valence-electron chi connectivity index (χ4n) is 0.107. The summed E-state index contributed by atoms with van der Waals surface area (Å²) >= 11 is 0. The van der Waals surface area contributed by atoms with E-state index in [1.165, 1.54) is 0 Å². The summed E-state index contributed by atoms with van der Waals surface area (Å²) in [5, 5.41) is 13.9. The average molecular weight is 144 g/mol. The first-order chi connectivity index (χ1) is 4.65. The van der Waals surface area contributed by atoms with Crippen LogP contribution in [0.15, 0.2) is 12.7 Å². The Kier molecular flexibility index (Phi) is 11.6. The Morgan fingerprint density at radius 1 is 1.80 bits per heavy atom. The number of terminal acetylenes is 1. The van der Waals surface area contributed by atoms with E-state index in [2.05, 4.69) is 11.3 Å². The van der Waals surface area contributed by atoms with Crippen LogP contribution in [0.3, 0.4) is 0 Å². The molecule has 0 saturated heterocycles. The van der Waals surface area contributed by atoms with Crippen LogP contribution in [0.4, 0.5) is 4.79 Å². The van der Waals surface area contributed by atoms with Crippen molar-refractivity contribution in [1.29, 1.82) is 0 Å². The normalized spacial score (nSPS) is 5.90. The minimum absolute atomic E-state index is 0.441. The lowest BCUT2D eigenvalue weighted by molar-refractivity contribution is 0.137. The fourth-order valence-corrected chi connectivity index (χ4v) is 0.107. The van der Waals surface area contributed by atoms with Gasteiger partial charge in [-0.3, -0.25) is 0 Å². The molecule has 4 heteroatoms. The molecule has 0 unspecified atom stereocenters. The van der Waals surface area contributed by atoms with E-state index < -0.39 is 6.16 Å². The van der Waals surface area contributed by atoms with Crippen LogP contribution in [0, 0.1) is 12.5 Å². The molecule has 0 atom stereocenters. The largest absolute Gasteiger partial charge is 0.503 e. The minimum atomic E-state index is -1.83. The highest BCUT2D eigenvalue weighted by Gasteiger charge is 1.70. The van der Waals surface area contributed by atoms with Gasteiger partial charge in [0.25, 0.3) is 0 Å². The van der Waals surface area contributed by atoms with Crippen LogP contribution >= 0.6 is 0 Å². The summed E-state index contributed by atoms with van der Waals surface area (Å²) in [6.07, 6.45) is 6.46. The molecular weight excluding hydrogens is 136 g/mol. The number of ether oxygens (including phenoxy) is 1. The second kappa shape index (κ2) is 10.4. The third-order valence-electron chi connectivity index (χ3n) is 0.285. The van der Waals surface area contributed by atoms with Gasteiger partial charge in [0.1, 0.15) is 12.7 Å². The van der Waals surface area contributed by atoms with Gasteiger partial charge < -0.3 is 14.9 Å². The minimum Gasteiger partial charge on any atom is -0.450 e. The van der Waals surface area contributed by atoms with Crippen LogP contribution in [0.5, 0.6) is 0 Å². The summed E-state index contributed by atoms with van der Waals surface area (Å²) in [6, 6.07) is 0. The fraction of sp³-hybridized carbons (Fsp3) is 0.167. The molecule has 0 aliphatic heterocycles. The van der Waals surface area contributed by atoms with E-state index in [0.29, 0.717) is 6.61 Å². The lowest BCUT2D eigenvalue weighted by Gasteiger charge is -1.82. The van der Waals surface area contributed by atoms with Crippen molar-refractivity contribution < 1.29 is 19.7 Å². The van der Waals surface area contributed by atoms with Gasteiger partial charge in [0.15, 0.2) is 0 Å². The third-order valence-corrected chi connectivity index (χ3v) is 0.285. The zero-order valence-corrected chi connectivity index (χ0v) is 5.28. The molecule has 0 spiro atoms. The first-order valence-corrected chi connectivity index (χ1v) is 2.25. The molecule has 0 heterocycles. The first-order valence-electron chi connectivity index (χ1n) is 2.25. The van der Waals surface area contributed by atoms with Crippen molar-refractivity contribution in [3.63, 3.8) is 0 Å². The molecule has 0 aliphatic rings. The zero-order chi connectivity index (χ0) is 8.41. The molecule has 0 bridgehead atoms. The van der Waals surface area contributed by atoms with Crippen LogP contribution in [0.25, 0.3) is 0 Å². The second-order valence-corrected chi connectivity index (χ2v) is 1.00. The van der Waals surface area contributed by atoms with E-state index in [-0.39, 0.29) is 0 Å². The number of carbonyl (C=O) groups is 1. The lowest BCUT2D eigenvalue weighted by Crippen LogP contribution is -1.81. The Labute approximate surface area is 58.7 Å². The monoisotopic (exact) mass is 144 g/mol. The van der Waals surface area contributed by atoms with Crippen LogP contribution < -0.4 is 0 Å². The summed E-state index contributed by atoms with van der Waals surface area (Å²) in [4.78, 5) is 8.56. The third kappa shape index (κ3) is 97.9. The van der Waals surface area contributed by atoms with Gasteiger partial charge in [-0.1, -0.05) is 19.1 Å². The second-order valence-electron chi connectivity index (χ2n) is 1.00.